The van der Waals surface area contributed by atoms with E-state index in [0.29, 0.717) is 18.9 Å². The molecule has 1 unspecified atom stereocenters. The highest BCUT2D eigenvalue weighted by molar-refractivity contribution is 5.90. The van der Waals surface area contributed by atoms with E-state index in [1.54, 1.807) is 18.5 Å². The van der Waals surface area contributed by atoms with Crippen LogP contribution in [0.15, 0.2) is 24.5 Å². The first-order chi connectivity index (χ1) is 8.11. The first-order valence-corrected chi connectivity index (χ1v) is 6.01. The minimum atomic E-state index is 0.00843. The van der Waals surface area contributed by atoms with E-state index in [4.69, 9.17) is 5.73 Å². The van der Waals surface area contributed by atoms with Crippen LogP contribution in [-0.4, -0.2) is 17.4 Å². The van der Waals surface area contributed by atoms with Crippen molar-refractivity contribution in [3.63, 3.8) is 0 Å². The number of hydrogen-bond donors (Lipinski definition) is 2. The maximum atomic E-state index is 11.8. The highest BCUT2D eigenvalue weighted by Gasteiger charge is 2.14. The quantitative estimate of drug-likeness (QED) is 0.792. The number of carbonyl (C=O) groups is 1. The molecule has 0 aliphatic rings. The van der Waals surface area contributed by atoms with Crippen LogP contribution in [0.3, 0.4) is 0 Å². The van der Waals surface area contributed by atoms with Crippen molar-refractivity contribution in [2.45, 2.75) is 26.7 Å². The summed E-state index contributed by atoms with van der Waals surface area (Å²) >= 11 is 0. The van der Waals surface area contributed by atoms with E-state index < -0.39 is 0 Å². The summed E-state index contributed by atoms with van der Waals surface area (Å²) in [6.07, 6.45) is 4.77. The predicted octanol–water partition coefficient (Wildman–Crippen LogP) is 2.03. The number of carbonyl (C=O) groups excluding carboxylic acids is 1. The average molecular weight is 235 g/mol. The largest absolute Gasteiger partial charge is 0.330 e. The Morgan fingerprint density at radius 1 is 1.53 bits per heavy atom. The predicted molar refractivity (Wildman–Crippen MR) is 69.5 cm³/mol. The number of anilines is 1. The van der Waals surface area contributed by atoms with Crippen LogP contribution in [0.1, 0.15) is 26.7 Å². The van der Waals surface area contributed by atoms with Gasteiger partial charge >= 0.3 is 0 Å². The summed E-state index contributed by atoms with van der Waals surface area (Å²) in [6.45, 7) is 4.84. The van der Waals surface area contributed by atoms with E-state index in [-0.39, 0.29) is 11.8 Å². The fourth-order valence-electron chi connectivity index (χ4n) is 1.84. The van der Waals surface area contributed by atoms with Crippen LogP contribution in [0, 0.1) is 11.8 Å². The molecule has 3 N–H and O–H groups in total. The molecule has 0 aliphatic heterocycles. The monoisotopic (exact) mass is 235 g/mol. The Kier molecular flexibility index (Phi) is 5.63. The molecule has 4 heteroatoms. The minimum Gasteiger partial charge on any atom is -0.330 e. The minimum absolute atomic E-state index is 0.00843. The molecule has 0 spiro atoms. The third-order valence-electron chi connectivity index (χ3n) is 2.56. The second-order valence-electron chi connectivity index (χ2n) is 4.73. The number of aromatic nitrogens is 1. The number of pyridine rings is 1. The lowest BCUT2D eigenvalue weighted by molar-refractivity contribution is -0.117. The lowest BCUT2D eigenvalue weighted by atomic mass is 9.94. The van der Waals surface area contributed by atoms with Crippen molar-refractivity contribution >= 4 is 11.6 Å². The van der Waals surface area contributed by atoms with E-state index in [2.05, 4.69) is 24.1 Å². The maximum Gasteiger partial charge on any atom is 0.224 e. The van der Waals surface area contributed by atoms with Crippen LogP contribution in [0.2, 0.25) is 0 Å². The first kappa shape index (κ1) is 13.6. The number of rotatable bonds is 6. The van der Waals surface area contributed by atoms with Gasteiger partial charge in [-0.3, -0.25) is 9.78 Å². The molecule has 1 rings (SSSR count). The molecule has 1 amide bonds. The fraction of sp³-hybridized carbons (Fsp3) is 0.538. The van der Waals surface area contributed by atoms with Gasteiger partial charge in [-0.1, -0.05) is 13.8 Å². The van der Waals surface area contributed by atoms with Gasteiger partial charge in [-0.25, -0.2) is 0 Å². The van der Waals surface area contributed by atoms with E-state index in [1.165, 1.54) is 0 Å². The zero-order valence-corrected chi connectivity index (χ0v) is 10.5. The van der Waals surface area contributed by atoms with Gasteiger partial charge in [-0.15, -0.1) is 0 Å². The molecule has 1 heterocycles. The van der Waals surface area contributed by atoms with E-state index in [0.717, 1.165) is 12.1 Å². The number of amides is 1. The van der Waals surface area contributed by atoms with Gasteiger partial charge < -0.3 is 11.1 Å². The fourth-order valence-corrected chi connectivity index (χ4v) is 1.84. The standard InChI is InChI=1S/C13H21N3O/c1-10(2)6-11(8-14)7-13(17)16-12-4-3-5-15-9-12/h3-5,9-11H,6-8,14H2,1-2H3,(H,16,17). The zero-order chi connectivity index (χ0) is 12.7. The molecule has 0 aromatic carbocycles. The highest BCUT2D eigenvalue weighted by atomic mass is 16.1. The Hall–Kier alpha value is -1.42. The van der Waals surface area contributed by atoms with Crippen LogP contribution in [0.5, 0.6) is 0 Å². The average Bonchev–Trinajstić information content (AvgIpc) is 2.28. The molecular weight excluding hydrogens is 214 g/mol. The first-order valence-electron chi connectivity index (χ1n) is 6.01. The lowest BCUT2D eigenvalue weighted by Gasteiger charge is -2.16. The summed E-state index contributed by atoms with van der Waals surface area (Å²) in [5.74, 6) is 0.829. The molecule has 0 aliphatic carbocycles. The molecular formula is C13H21N3O. The lowest BCUT2D eigenvalue weighted by Crippen LogP contribution is -2.23. The van der Waals surface area contributed by atoms with Gasteiger partial charge in [-0.05, 0) is 36.9 Å². The molecule has 0 fully saturated rings. The molecule has 0 radical (unpaired) electrons. The summed E-state index contributed by atoms with van der Waals surface area (Å²) in [5.41, 5.74) is 6.40. The summed E-state index contributed by atoms with van der Waals surface area (Å²) in [5, 5.41) is 2.82. The SMILES string of the molecule is CC(C)CC(CN)CC(=O)Nc1cccnc1. The molecule has 1 aromatic rings. The van der Waals surface area contributed by atoms with Crippen molar-refractivity contribution in [3.8, 4) is 0 Å². The Morgan fingerprint density at radius 3 is 2.82 bits per heavy atom. The molecule has 0 saturated carbocycles. The van der Waals surface area contributed by atoms with Crippen LogP contribution < -0.4 is 11.1 Å². The Labute approximate surface area is 103 Å². The third-order valence-corrected chi connectivity index (χ3v) is 2.56. The molecule has 1 atom stereocenters. The summed E-state index contributed by atoms with van der Waals surface area (Å²) in [4.78, 5) is 15.7. The summed E-state index contributed by atoms with van der Waals surface area (Å²) in [7, 11) is 0. The van der Waals surface area contributed by atoms with Gasteiger partial charge in [0.25, 0.3) is 0 Å². The van der Waals surface area contributed by atoms with Gasteiger partial charge in [0.15, 0.2) is 0 Å². The number of nitrogens with two attached hydrogens (primary N) is 1. The number of nitrogens with one attached hydrogen (secondary N) is 1. The van der Waals surface area contributed by atoms with Crippen LogP contribution in [0.4, 0.5) is 5.69 Å². The summed E-state index contributed by atoms with van der Waals surface area (Å²) in [6, 6.07) is 3.62. The maximum absolute atomic E-state index is 11.8. The van der Waals surface area contributed by atoms with Gasteiger partial charge in [0.1, 0.15) is 0 Å². The second-order valence-corrected chi connectivity index (χ2v) is 4.73. The third kappa shape index (κ3) is 5.45. The zero-order valence-electron chi connectivity index (χ0n) is 10.5. The molecule has 1 aromatic heterocycles. The smallest absolute Gasteiger partial charge is 0.224 e. The van der Waals surface area contributed by atoms with Gasteiger partial charge in [0, 0.05) is 12.6 Å². The van der Waals surface area contributed by atoms with Gasteiger partial charge in [-0.2, -0.15) is 0 Å². The van der Waals surface area contributed by atoms with Crippen molar-refractivity contribution < 1.29 is 4.79 Å². The van der Waals surface area contributed by atoms with Gasteiger partial charge in [0.05, 0.1) is 11.9 Å². The number of nitrogens with zero attached hydrogens (tertiary/aromatic N) is 1. The Balaban J connectivity index is 2.43. The molecule has 94 valence electrons. The highest BCUT2D eigenvalue weighted by Crippen LogP contribution is 2.15. The Bertz CT molecular complexity index is 338. The Morgan fingerprint density at radius 2 is 2.29 bits per heavy atom. The molecule has 4 nitrogen and oxygen atoms in total. The second kappa shape index (κ2) is 7.01. The van der Waals surface area contributed by atoms with Crippen molar-refractivity contribution in [3.05, 3.63) is 24.5 Å². The van der Waals surface area contributed by atoms with E-state index >= 15 is 0 Å². The van der Waals surface area contributed by atoms with Crippen LogP contribution in [0.25, 0.3) is 0 Å². The molecule has 17 heavy (non-hydrogen) atoms. The van der Waals surface area contributed by atoms with Crippen molar-refractivity contribution in [2.24, 2.45) is 17.6 Å². The van der Waals surface area contributed by atoms with Crippen LogP contribution >= 0.6 is 0 Å². The van der Waals surface area contributed by atoms with E-state index in [9.17, 15) is 4.79 Å². The van der Waals surface area contributed by atoms with Crippen molar-refractivity contribution in [1.82, 2.24) is 4.98 Å². The summed E-state index contributed by atoms with van der Waals surface area (Å²) < 4.78 is 0. The normalized spacial score (nSPS) is 12.5. The molecule has 0 bridgehead atoms. The van der Waals surface area contributed by atoms with Gasteiger partial charge in [0.2, 0.25) is 5.91 Å². The topological polar surface area (TPSA) is 68.0 Å². The number of hydrogen-bond acceptors (Lipinski definition) is 3. The molecule has 0 saturated heterocycles. The van der Waals surface area contributed by atoms with Crippen molar-refractivity contribution in [1.29, 1.82) is 0 Å². The van der Waals surface area contributed by atoms with E-state index in [1.807, 2.05) is 6.07 Å². The van der Waals surface area contributed by atoms with Crippen molar-refractivity contribution in [2.75, 3.05) is 11.9 Å². The van der Waals surface area contributed by atoms with Crippen LogP contribution in [-0.2, 0) is 4.79 Å².